The van der Waals surface area contributed by atoms with Crippen LogP contribution in [0.2, 0.25) is 0 Å². The first-order valence-corrected chi connectivity index (χ1v) is 9.50. The fourth-order valence-electron chi connectivity index (χ4n) is 3.40. The number of piperazine rings is 1. The molecule has 1 fully saturated rings. The number of nitrogens with zero attached hydrogens (tertiary/aromatic N) is 5. The highest BCUT2D eigenvalue weighted by Crippen LogP contribution is 2.17. The minimum absolute atomic E-state index is 0.0473. The van der Waals surface area contributed by atoms with E-state index in [1.165, 1.54) is 5.56 Å². The van der Waals surface area contributed by atoms with E-state index in [4.69, 9.17) is 0 Å². The third kappa shape index (κ3) is 4.55. The molecule has 28 heavy (non-hydrogen) atoms. The zero-order valence-corrected chi connectivity index (χ0v) is 15.7. The van der Waals surface area contributed by atoms with Gasteiger partial charge in [0.25, 0.3) is 0 Å². The molecule has 3 aromatic rings. The van der Waals surface area contributed by atoms with Crippen molar-refractivity contribution < 1.29 is 4.79 Å². The average molecular weight is 376 g/mol. The number of para-hydroxylation sites is 1. The topological polar surface area (TPSA) is 66.3 Å². The average Bonchev–Trinajstić information content (AvgIpc) is 3.24. The maximum atomic E-state index is 12.8. The van der Waals surface area contributed by atoms with Crippen molar-refractivity contribution in [2.24, 2.45) is 0 Å². The number of benzene rings is 1. The molecule has 0 atom stereocenters. The van der Waals surface area contributed by atoms with E-state index in [0.717, 1.165) is 30.9 Å². The Morgan fingerprint density at radius 1 is 0.964 bits per heavy atom. The van der Waals surface area contributed by atoms with Gasteiger partial charge in [0, 0.05) is 63.2 Å². The predicted molar refractivity (Wildman–Crippen MR) is 108 cm³/mol. The summed E-state index contributed by atoms with van der Waals surface area (Å²) in [6, 6.07) is 13.8. The van der Waals surface area contributed by atoms with Gasteiger partial charge < -0.3 is 10.2 Å². The fraction of sp³-hybridized carbons (Fsp3) is 0.286. The first kappa shape index (κ1) is 18.2. The van der Waals surface area contributed by atoms with Crippen LogP contribution in [0.15, 0.2) is 67.3 Å². The lowest BCUT2D eigenvalue weighted by atomic mass is 10.2. The summed E-state index contributed by atoms with van der Waals surface area (Å²) in [5.74, 6) is 0. The minimum Gasteiger partial charge on any atom is -0.322 e. The van der Waals surface area contributed by atoms with Gasteiger partial charge in [-0.15, -0.1) is 0 Å². The zero-order chi connectivity index (χ0) is 19.2. The summed E-state index contributed by atoms with van der Waals surface area (Å²) in [6.45, 7) is 4.65. The third-order valence-electron chi connectivity index (χ3n) is 4.94. The minimum atomic E-state index is -0.0473. The number of hydrogen-bond acceptors (Lipinski definition) is 4. The zero-order valence-electron chi connectivity index (χ0n) is 15.7. The molecular weight excluding hydrogens is 352 g/mol. The highest BCUT2D eigenvalue weighted by atomic mass is 16.2. The Bertz CT molecular complexity index is 888. The molecule has 2 amide bonds. The monoisotopic (exact) mass is 376 g/mol. The number of amides is 2. The fourth-order valence-corrected chi connectivity index (χ4v) is 3.40. The van der Waals surface area contributed by atoms with Crippen molar-refractivity contribution in [2.75, 3.05) is 31.5 Å². The van der Waals surface area contributed by atoms with Crippen LogP contribution in [-0.4, -0.2) is 56.8 Å². The van der Waals surface area contributed by atoms with E-state index in [9.17, 15) is 4.79 Å². The number of pyridine rings is 1. The second-order valence-electron chi connectivity index (χ2n) is 6.92. The number of aromatic nitrogens is 3. The van der Waals surface area contributed by atoms with E-state index >= 15 is 0 Å². The summed E-state index contributed by atoms with van der Waals surface area (Å²) >= 11 is 0. The quantitative estimate of drug-likeness (QED) is 0.744. The first-order chi connectivity index (χ1) is 13.8. The molecule has 0 radical (unpaired) electrons. The van der Waals surface area contributed by atoms with Crippen molar-refractivity contribution in [1.29, 1.82) is 0 Å². The maximum Gasteiger partial charge on any atom is 0.321 e. The van der Waals surface area contributed by atoms with Crippen LogP contribution in [0.5, 0.6) is 0 Å². The largest absolute Gasteiger partial charge is 0.322 e. The molecule has 0 saturated carbocycles. The van der Waals surface area contributed by atoms with Crippen LogP contribution in [0, 0.1) is 0 Å². The van der Waals surface area contributed by atoms with Crippen molar-refractivity contribution in [3.05, 3.63) is 78.4 Å². The van der Waals surface area contributed by atoms with E-state index in [0.29, 0.717) is 19.6 Å². The molecule has 0 bridgehead atoms. The Labute approximate surface area is 164 Å². The molecule has 144 valence electrons. The van der Waals surface area contributed by atoms with Gasteiger partial charge in [-0.25, -0.2) is 4.79 Å². The van der Waals surface area contributed by atoms with Gasteiger partial charge in [0.15, 0.2) is 0 Å². The van der Waals surface area contributed by atoms with Gasteiger partial charge in [0.2, 0.25) is 0 Å². The third-order valence-corrected chi connectivity index (χ3v) is 4.94. The Morgan fingerprint density at radius 3 is 2.57 bits per heavy atom. The molecule has 0 spiro atoms. The van der Waals surface area contributed by atoms with E-state index in [1.54, 1.807) is 12.4 Å². The molecule has 1 aromatic carbocycles. The van der Waals surface area contributed by atoms with Crippen LogP contribution in [0.1, 0.15) is 11.1 Å². The van der Waals surface area contributed by atoms with Gasteiger partial charge in [-0.3, -0.25) is 14.6 Å². The second kappa shape index (κ2) is 8.67. The number of anilines is 1. The molecular formula is C21H24N6O. The van der Waals surface area contributed by atoms with Gasteiger partial charge in [0.05, 0.1) is 6.54 Å². The van der Waals surface area contributed by atoms with Crippen LogP contribution in [0.4, 0.5) is 10.5 Å². The van der Waals surface area contributed by atoms with E-state index in [2.05, 4.69) is 26.4 Å². The smallest absolute Gasteiger partial charge is 0.321 e. The van der Waals surface area contributed by atoms with Crippen LogP contribution < -0.4 is 5.32 Å². The van der Waals surface area contributed by atoms with Crippen molar-refractivity contribution in [3.8, 4) is 0 Å². The standard InChI is InChI=1S/C21H24N6O/c28-21(24-20-7-2-1-6-19(20)17-27-10-4-9-23-27)26-13-11-25(12-14-26)16-18-5-3-8-22-15-18/h1-10,15H,11-14,16-17H2,(H,24,28). The van der Waals surface area contributed by atoms with Crippen LogP contribution in [0.25, 0.3) is 0 Å². The van der Waals surface area contributed by atoms with Gasteiger partial charge in [-0.05, 0) is 29.3 Å². The highest BCUT2D eigenvalue weighted by molar-refractivity contribution is 5.90. The lowest BCUT2D eigenvalue weighted by Crippen LogP contribution is -2.49. The number of hydrogen-bond donors (Lipinski definition) is 1. The summed E-state index contributed by atoms with van der Waals surface area (Å²) in [6.07, 6.45) is 7.36. The van der Waals surface area contributed by atoms with Gasteiger partial charge in [-0.1, -0.05) is 24.3 Å². The van der Waals surface area contributed by atoms with Crippen molar-refractivity contribution >= 4 is 11.7 Å². The molecule has 3 heterocycles. The second-order valence-corrected chi connectivity index (χ2v) is 6.92. The Balaban J connectivity index is 1.32. The Hall–Kier alpha value is -3.19. The van der Waals surface area contributed by atoms with Crippen LogP contribution in [0.3, 0.4) is 0 Å². The number of carbonyl (C=O) groups excluding carboxylic acids is 1. The van der Waals surface area contributed by atoms with Gasteiger partial charge in [0.1, 0.15) is 0 Å². The molecule has 0 aliphatic carbocycles. The number of nitrogens with one attached hydrogen (secondary N) is 1. The van der Waals surface area contributed by atoms with E-state index in [-0.39, 0.29) is 6.03 Å². The van der Waals surface area contributed by atoms with Crippen LogP contribution >= 0.6 is 0 Å². The highest BCUT2D eigenvalue weighted by Gasteiger charge is 2.21. The maximum absolute atomic E-state index is 12.8. The van der Waals surface area contributed by atoms with Crippen molar-refractivity contribution in [1.82, 2.24) is 24.6 Å². The van der Waals surface area contributed by atoms with Gasteiger partial charge in [-0.2, -0.15) is 5.10 Å². The molecule has 2 aromatic heterocycles. The number of carbonyl (C=O) groups is 1. The predicted octanol–water partition coefficient (Wildman–Crippen LogP) is 2.68. The van der Waals surface area contributed by atoms with Crippen LogP contribution in [-0.2, 0) is 13.1 Å². The molecule has 7 nitrogen and oxygen atoms in total. The lowest BCUT2D eigenvalue weighted by molar-refractivity contribution is 0.143. The first-order valence-electron chi connectivity index (χ1n) is 9.50. The summed E-state index contributed by atoms with van der Waals surface area (Å²) in [5.41, 5.74) is 3.07. The summed E-state index contributed by atoms with van der Waals surface area (Å²) < 4.78 is 1.85. The molecule has 1 N–H and O–H groups in total. The SMILES string of the molecule is O=C(Nc1ccccc1Cn1cccn1)N1CCN(Cc2cccnc2)CC1. The normalized spacial score (nSPS) is 14.8. The summed E-state index contributed by atoms with van der Waals surface area (Å²) in [7, 11) is 0. The summed E-state index contributed by atoms with van der Waals surface area (Å²) in [5, 5.41) is 7.32. The molecule has 7 heteroatoms. The molecule has 1 saturated heterocycles. The van der Waals surface area contributed by atoms with Gasteiger partial charge >= 0.3 is 6.03 Å². The lowest BCUT2D eigenvalue weighted by Gasteiger charge is -2.34. The van der Waals surface area contributed by atoms with Crippen molar-refractivity contribution in [2.45, 2.75) is 13.1 Å². The summed E-state index contributed by atoms with van der Waals surface area (Å²) in [4.78, 5) is 21.2. The molecule has 0 unspecified atom stereocenters. The Morgan fingerprint density at radius 2 is 1.82 bits per heavy atom. The molecule has 1 aliphatic rings. The van der Waals surface area contributed by atoms with Crippen molar-refractivity contribution in [3.63, 3.8) is 0 Å². The number of urea groups is 1. The van der Waals surface area contributed by atoms with E-state index in [1.807, 2.05) is 58.4 Å². The molecule has 1 aliphatic heterocycles. The van der Waals surface area contributed by atoms with E-state index < -0.39 is 0 Å². The number of rotatable bonds is 5. The molecule has 4 rings (SSSR count). The Kier molecular flexibility index (Phi) is 5.63.